The van der Waals surface area contributed by atoms with Crippen molar-refractivity contribution < 1.29 is 19.8 Å². The Morgan fingerprint density at radius 1 is 1.05 bits per heavy atom. The van der Waals surface area contributed by atoms with E-state index in [1.165, 1.54) is 0 Å². The zero-order chi connectivity index (χ0) is 15.5. The number of hydrogen-bond acceptors (Lipinski definition) is 3. The van der Waals surface area contributed by atoms with E-state index >= 15 is 0 Å². The standard InChI is InChI=1S/C15H21NO4/c1-15(2,3)11(9-7-5-4-6-8-9)10(13(17)18)12(16)14(19)20/h4-8,10-12H,16H2,1-3H3,(H,17,18)(H,19,20). The van der Waals surface area contributed by atoms with E-state index in [9.17, 15) is 14.7 Å². The Labute approximate surface area is 118 Å². The van der Waals surface area contributed by atoms with E-state index in [0.29, 0.717) is 0 Å². The summed E-state index contributed by atoms with van der Waals surface area (Å²) in [4.78, 5) is 22.7. The van der Waals surface area contributed by atoms with Crippen molar-refractivity contribution in [2.75, 3.05) is 0 Å². The van der Waals surface area contributed by atoms with Crippen molar-refractivity contribution in [3.63, 3.8) is 0 Å². The van der Waals surface area contributed by atoms with Gasteiger partial charge in [-0.15, -0.1) is 0 Å². The molecule has 4 N–H and O–H groups in total. The number of hydrogen-bond donors (Lipinski definition) is 3. The summed E-state index contributed by atoms with van der Waals surface area (Å²) in [6.07, 6.45) is 0. The normalized spacial score (nSPS) is 16.2. The molecule has 0 radical (unpaired) electrons. The minimum absolute atomic E-state index is 0.433. The monoisotopic (exact) mass is 279 g/mol. The van der Waals surface area contributed by atoms with Gasteiger partial charge in [0.15, 0.2) is 0 Å². The fourth-order valence-corrected chi connectivity index (χ4v) is 2.56. The van der Waals surface area contributed by atoms with Crippen LogP contribution in [0.1, 0.15) is 32.3 Å². The van der Waals surface area contributed by atoms with Crippen molar-refractivity contribution >= 4 is 11.9 Å². The second kappa shape index (κ2) is 6.05. The molecular formula is C15H21NO4. The van der Waals surface area contributed by atoms with Gasteiger partial charge in [-0.1, -0.05) is 51.1 Å². The van der Waals surface area contributed by atoms with Crippen molar-refractivity contribution in [2.24, 2.45) is 17.1 Å². The van der Waals surface area contributed by atoms with Gasteiger partial charge in [-0.2, -0.15) is 0 Å². The van der Waals surface area contributed by atoms with Crippen LogP contribution in [0, 0.1) is 11.3 Å². The molecule has 5 heteroatoms. The van der Waals surface area contributed by atoms with E-state index in [1.807, 2.05) is 26.8 Å². The zero-order valence-electron chi connectivity index (χ0n) is 11.9. The average molecular weight is 279 g/mol. The molecular weight excluding hydrogens is 258 g/mol. The van der Waals surface area contributed by atoms with E-state index in [2.05, 4.69) is 0 Å². The summed E-state index contributed by atoms with van der Waals surface area (Å²) in [5, 5.41) is 18.5. The van der Waals surface area contributed by atoms with E-state index in [0.717, 1.165) is 5.56 Å². The first-order valence-electron chi connectivity index (χ1n) is 6.42. The van der Waals surface area contributed by atoms with E-state index in [1.54, 1.807) is 24.3 Å². The summed E-state index contributed by atoms with van der Waals surface area (Å²) in [5.41, 5.74) is 5.96. The van der Waals surface area contributed by atoms with Crippen LogP contribution in [-0.4, -0.2) is 28.2 Å². The van der Waals surface area contributed by atoms with Crippen LogP contribution in [0.4, 0.5) is 0 Å². The Morgan fingerprint density at radius 3 is 1.90 bits per heavy atom. The quantitative estimate of drug-likeness (QED) is 0.764. The number of carboxylic acid groups (broad SMARTS) is 2. The van der Waals surface area contributed by atoms with Gasteiger partial charge in [-0.05, 0) is 11.0 Å². The highest BCUT2D eigenvalue weighted by molar-refractivity contribution is 5.83. The summed E-state index contributed by atoms with van der Waals surface area (Å²) in [7, 11) is 0. The molecule has 0 aliphatic carbocycles. The second-order valence-electron chi connectivity index (χ2n) is 5.98. The molecule has 3 unspecified atom stereocenters. The number of nitrogens with two attached hydrogens (primary N) is 1. The molecule has 1 aromatic carbocycles. The lowest BCUT2D eigenvalue weighted by Gasteiger charge is -2.37. The van der Waals surface area contributed by atoms with Gasteiger partial charge < -0.3 is 15.9 Å². The largest absolute Gasteiger partial charge is 0.481 e. The number of rotatable bonds is 5. The van der Waals surface area contributed by atoms with Gasteiger partial charge >= 0.3 is 11.9 Å². The lowest BCUT2D eigenvalue weighted by atomic mass is 9.67. The molecule has 0 spiro atoms. The number of benzene rings is 1. The van der Waals surface area contributed by atoms with Crippen LogP contribution in [0.3, 0.4) is 0 Å². The van der Waals surface area contributed by atoms with Gasteiger partial charge in [-0.25, -0.2) is 0 Å². The van der Waals surface area contributed by atoms with Crippen LogP contribution in [0.25, 0.3) is 0 Å². The van der Waals surface area contributed by atoms with Gasteiger partial charge in [0.25, 0.3) is 0 Å². The summed E-state index contributed by atoms with van der Waals surface area (Å²) in [5.74, 6) is -4.17. The van der Waals surface area contributed by atoms with Crippen LogP contribution < -0.4 is 5.73 Å². The number of aliphatic carboxylic acids is 2. The van der Waals surface area contributed by atoms with Gasteiger partial charge in [0, 0.05) is 5.92 Å². The molecule has 5 nitrogen and oxygen atoms in total. The molecule has 0 bridgehead atoms. The molecule has 0 aliphatic heterocycles. The SMILES string of the molecule is CC(C)(C)C(c1ccccc1)C(C(=O)O)C(N)C(=O)O. The molecule has 0 saturated carbocycles. The summed E-state index contributed by atoms with van der Waals surface area (Å²) >= 11 is 0. The van der Waals surface area contributed by atoms with Gasteiger partial charge in [0.05, 0.1) is 5.92 Å². The molecule has 3 atom stereocenters. The molecule has 20 heavy (non-hydrogen) atoms. The molecule has 0 saturated heterocycles. The third kappa shape index (κ3) is 3.57. The maximum absolute atomic E-state index is 11.6. The van der Waals surface area contributed by atoms with Gasteiger partial charge in [0.2, 0.25) is 0 Å². The lowest BCUT2D eigenvalue weighted by Crippen LogP contribution is -2.47. The van der Waals surface area contributed by atoms with Crippen LogP contribution in [-0.2, 0) is 9.59 Å². The minimum atomic E-state index is -1.45. The van der Waals surface area contributed by atoms with Gasteiger partial charge in [-0.3, -0.25) is 9.59 Å². The van der Waals surface area contributed by atoms with Gasteiger partial charge in [0.1, 0.15) is 6.04 Å². The second-order valence-corrected chi connectivity index (χ2v) is 5.98. The van der Waals surface area contributed by atoms with Crippen molar-refractivity contribution in [2.45, 2.75) is 32.7 Å². The third-order valence-corrected chi connectivity index (χ3v) is 3.41. The Hall–Kier alpha value is -1.88. The highest BCUT2D eigenvalue weighted by Gasteiger charge is 2.43. The minimum Gasteiger partial charge on any atom is -0.481 e. The van der Waals surface area contributed by atoms with Crippen molar-refractivity contribution in [3.8, 4) is 0 Å². The molecule has 0 aromatic heterocycles. The summed E-state index contributed by atoms with van der Waals surface area (Å²) < 4.78 is 0. The first kappa shape index (κ1) is 16.2. The van der Waals surface area contributed by atoms with E-state index in [4.69, 9.17) is 10.8 Å². The number of carboxylic acids is 2. The smallest absolute Gasteiger partial charge is 0.321 e. The lowest BCUT2D eigenvalue weighted by molar-refractivity contribution is -0.152. The maximum atomic E-state index is 11.6. The first-order valence-corrected chi connectivity index (χ1v) is 6.42. The topological polar surface area (TPSA) is 101 Å². The Kier molecular flexibility index (Phi) is 4.89. The van der Waals surface area contributed by atoms with Crippen LogP contribution >= 0.6 is 0 Å². The Balaban J connectivity index is 3.35. The Bertz CT molecular complexity index is 478. The predicted octanol–water partition coefficient (Wildman–Crippen LogP) is 1.93. The van der Waals surface area contributed by atoms with E-state index in [-0.39, 0.29) is 0 Å². The van der Waals surface area contributed by atoms with Crippen LogP contribution in [0.5, 0.6) is 0 Å². The number of carbonyl (C=O) groups is 2. The van der Waals surface area contributed by atoms with Crippen molar-refractivity contribution in [1.82, 2.24) is 0 Å². The molecule has 0 aliphatic rings. The summed E-state index contributed by atoms with van der Waals surface area (Å²) in [6, 6.07) is 7.60. The fraction of sp³-hybridized carbons (Fsp3) is 0.467. The average Bonchev–Trinajstić information content (AvgIpc) is 2.33. The molecule has 0 fully saturated rings. The predicted molar refractivity (Wildman–Crippen MR) is 75.4 cm³/mol. The first-order chi connectivity index (χ1) is 9.16. The molecule has 1 aromatic rings. The molecule has 110 valence electrons. The van der Waals surface area contributed by atoms with E-state index < -0.39 is 35.2 Å². The molecule has 1 rings (SSSR count). The molecule has 0 heterocycles. The highest BCUT2D eigenvalue weighted by Crippen LogP contribution is 2.42. The van der Waals surface area contributed by atoms with Crippen LogP contribution in [0.15, 0.2) is 30.3 Å². The summed E-state index contributed by atoms with van der Waals surface area (Å²) in [6.45, 7) is 5.65. The van der Waals surface area contributed by atoms with Crippen molar-refractivity contribution in [3.05, 3.63) is 35.9 Å². The highest BCUT2D eigenvalue weighted by atomic mass is 16.4. The fourth-order valence-electron chi connectivity index (χ4n) is 2.56. The zero-order valence-corrected chi connectivity index (χ0v) is 11.9. The molecule has 0 amide bonds. The van der Waals surface area contributed by atoms with Crippen LogP contribution in [0.2, 0.25) is 0 Å². The Morgan fingerprint density at radius 2 is 1.55 bits per heavy atom. The maximum Gasteiger partial charge on any atom is 0.321 e. The third-order valence-electron chi connectivity index (χ3n) is 3.41. The van der Waals surface area contributed by atoms with Crippen molar-refractivity contribution in [1.29, 1.82) is 0 Å².